The minimum Gasteiger partial charge on any atom is -0.475 e. The van der Waals surface area contributed by atoms with Crippen molar-refractivity contribution in [2.24, 2.45) is 0 Å². The molecule has 1 aromatic heterocycles. The highest BCUT2D eigenvalue weighted by Gasteiger charge is 1.98. The van der Waals surface area contributed by atoms with Crippen molar-refractivity contribution < 1.29 is 9.47 Å². The molecule has 5 nitrogen and oxygen atoms in total. The maximum atomic E-state index is 5.38. The minimum absolute atomic E-state index is 0.510. The van der Waals surface area contributed by atoms with Crippen molar-refractivity contribution >= 4 is 5.95 Å². The molecule has 0 aromatic carbocycles. The molecule has 0 saturated carbocycles. The van der Waals surface area contributed by atoms with E-state index in [9.17, 15) is 0 Å². The number of nitrogens with zero attached hydrogens (tertiary/aromatic N) is 2. The van der Waals surface area contributed by atoms with Crippen LogP contribution in [0.5, 0.6) is 5.88 Å². The number of hydrogen-bond donors (Lipinski definition) is 1. The minimum atomic E-state index is 0.510. The zero-order valence-corrected chi connectivity index (χ0v) is 9.19. The van der Waals surface area contributed by atoms with E-state index < -0.39 is 0 Å². The first-order chi connectivity index (χ1) is 7.36. The van der Waals surface area contributed by atoms with Crippen LogP contribution in [0.25, 0.3) is 0 Å². The van der Waals surface area contributed by atoms with E-state index in [1.807, 2.05) is 13.8 Å². The van der Waals surface area contributed by atoms with Crippen LogP contribution in [0, 0.1) is 0 Å². The first kappa shape index (κ1) is 11.7. The first-order valence-corrected chi connectivity index (χ1v) is 5.14. The van der Waals surface area contributed by atoms with E-state index in [0.717, 1.165) is 6.54 Å². The molecule has 0 aliphatic rings. The molecule has 1 rings (SSSR count). The van der Waals surface area contributed by atoms with Crippen LogP contribution in [-0.2, 0) is 4.74 Å². The summed E-state index contributed by atoms with van der Waals surface area (Å²) in [6.45, 7) is 6.53. The predicted octanol–water partition coefficient (Wildman–Crippen LogP) is 1.32. The maximum Gasteiger partial charge on any atom is 0.225 e. The smallest absolute Gasteiger partial charge is 0.225 e. The molecule has 1 N–H and O–H groups in total. The quantitative estimate of drug-likeness (QED) is 0.689. The normalized spacial score (nSPS) is 10.0. The molecule has 0 bridgehead atoms. The van der Waals surface area contributed by atoms with E-state index in [0.29, 0.717) is 31.6 Å². The summed E-state index contributed by atoms with van der Waals surface area (Å²) in [5, 5.41) is 3.02. The van der Waals surface area contributed by atoms with Crippen LogP contribution in [0.1, 0.15) is 13.8 Å². The van der Waals surface area contributed by atoms with Crippen molar-refractivity contribution in [3.63, 3.8) is 0 Å². The molecule has 0 radical (unpaired) electrons. The van der Waals surface area contributed by atoms with Gasteiger partial charge in [0.05, 0.1) is 6.61 Å². The van der Waals surface area contributed by atoms with Crippen molar-refractivity contribution in [1.29, 1.82) is 0 Å². The van der Waals surface area contributed by atoms with E-state index in [1.165, 1.54) is 0 Å². The van der Waals surface area contributed by atoms with Gasteiger partial charge in [0.2, 0.25) is 11.8 Å². The van der Waals surface area contributed by atoms with Gasteiger partial charge in [-0.15, -0.1) is 0 Å². The van der Waals surface area contributed by atoms with Gasteiger partial charge >= 0.3 is 0 Å². The Morgan fingerprint density at radius 2 is 2.20 bits per heavy atom. The average molecular weight is 211 g/mol. The fraction of sp³-hybridized carbons (Fsp3) is 0.600. The maximum absolute atomic E-state index is 5.38. The van der Waals surface area contributed by atoms with Gasteiger partial charge in [0.15, 0.2) is 0 Å². The summed E-state index contributed by atoms with van der Waals surface area (Å²) < 4.78 is 10.5. The third kappa shape index (κ3) is 4.60. The summed E-state index contributed by atoms with van der Waals surface area (Å²) in [7, 11) is 0. The third-order valence-electron chi connectivity index (χ3n) is 1.65. The molecule has 0 aliphatic heterocycles. The van der Waals surface area contributed by atoms with Crippen molar-refractivity contribution in [3.8, 4) is 5.88 Å². The van der Waals surface area contributed by atoms with E-state index in [-0.39, 0.29) is 0 Å². The Bertz CT molecular complexity index is 281. The van der Waals surface area contributed by atoms with Gasteiger partial charge in [0.1, 0.15) is 6.61 Å². The highest BCUT2D eigenvalue weighted by atomic mass is 16.5. The Morgan fingerprint density at radius 1 is 1.33 bits per heavy atom. The number of hydrogen-bond acceptors (Lipinski definition) is 5. The van der Waals surface area contributed by atoms with Gasteiger partial charge in [-0.1, -0.05) is 0 Å². The lowest BCUT2D eigenvalue weighted by atomic mass is 10.6. The molecule has 0 spiro atoms. The zero-order valence-electron chi connectivity index (χ0n) is 9.19. The van der Waals surface area contributed by atoms with Crippen molar-refractivity contribution in [3.05, 3.63) is 12.3 Å². The van der Waals surface area contributed by atoms with Gasteiger partial charge in [-0.3, -0.25) is 0 Å². The number of rotatable bonds is 7. The highest BCUT2D eigenvalue weighted by molar-refractivity contribution is 5.26. The summed E-state index contributed by atoms with van der Waals surface area (Å²) in [5.74, 6) is 1.16. The van der Waals surface area contributed by atoms with E-state index in [1.54, 1.807) is 12.3 Å². The van der Waals surface area contributed by atoms with Crippen molar-refractivity contribution in [2.75, 3.05) is 31.7 Å². The first-order valence-electron chi connectivity index (χ1n) is 5.14. The van der Waals surface area contributed by atoms with Crippen LogP contribution >= 0.6 is 0 Å². The second-order valence-electron chi connectivity index (χ2n) is 2.79. The molecule has 15 heavy (non-hydrogen) atoms. The molecule has 0 aliphatic carbocycles. The third-order valence-corrected chi connectivity index (χ3v) is 1.65. The summed E-state index contributed by atoms with van der Waals surface area (Å²) in [6.07, 6.45) is 1.67. The second-order valence-corrected chi connectivity index (χ2v) is 2.79. The molecule has 0 amide bonds. The Kier molecular flexibility index (Phi) is 5.47. The average Bonchev–Trinajstić information content (AvgIpc) is 2.26. The lowest BCUT2D eigenvalue weighted by molar-refractivity contribution is 0.108. The molecule has 84 valence electrons. The topological polar surface area (TPSA) is 56.3 Å². The Morgan fingerprint density at radius 3 is 2.93 bits per heavy atom. The van der Waals surface area contributed by atoms with Crippen molar-refractivity contribution in [1.82, 2.24) is 9.97 Å². The molecular weight excluding hydrogens is 194 g/mol. The summed E-state index contributed by atoms with van der Waals surface area (Å²) >= 11 is 0. The van der Waals surface area contributed by atoms with Gasteiger partial charge in [-0.25, -0.2) is 4.98 Å². The fourth-order valence-electron chi connectivity index (χ4n) is 1.02. The summed E-state index contributed by atoms with van der Waals surface area (Å²) in [4.78, 5) is 8.20. The number of nitrogens with one attached hydrogen (secondary N) is 1. The van der Waals surface area contributed by atoms with E-state index in [4.69, 9.17) is 9.47 Å². The molecule has 1 aromatic rings. The zero-order chi connectivity index (χ0) is 10.9. The fourth-order valence-corrected chi connectivity index (χ4v) is 1.02. The molecule has 0 saturated heterocycles. The van der Waals surface area contributed by atoms with Crippen LogP contribution in [-0.4, -0.2) is 36.3 Å². The molecule has 5 heteroatoms. The molecule has 1 heterocycles. The van der Waals surface area contributed by atoms with E-state index in [2.05, 4.69) is 15.3 Å². The molecule has 0 unspecified atom stereocenters. The van der Waals surface area contributed by atoms with Crippen LogP contribution in [0.15, 0.2) is 12.3 Å². The van der Waals surface area contributed by atoms with Crippen LogP contribution in [0.4, 0.5) is 5.95 Å². The van der Waals surface area contributed by atoms with E-state index >= 15 is 0 Å². The summed E-state index contributed by atoms with van der Waals surface area (Å²) in [5.41, 5.74) is 0. The standard InChI is InChI=1S/C10H17N3O2/c1-3-11-10-12-6-5-9(13-10)15-8-7-14-4-2/h5-6H,3-4,7-8H2,1-2H3,(H,11,12,13). The number of anilines is 1. The van der Waals surface area contributed by atoms with Gasteiger partial charge in [-0.2, -0.15) is 4.98 Å². The Hall–Kier alpha value is -1.36. The van der Waals surface area contributed by atoms with Gasteiger partial charge in [0, 0.05) is 25.4 Å². The van der Waals surface area contributed by atoms with Gasteiger partial charge in [-0.05, 0) is 13.8 Å². The van der Waals surface area contributed by atoms with Gasteiger partial charge < -0.3 is 14.8 Å². The second kappa shape index (κ2) is 7.00. The van der Waals surface area contributed by atoms with Gasteiger partial charge in [0.25, 0.3) is 0 Å². The SMILES string of the molecule is CCNc1nccc(OCCOCC)n1. The monoisotopic (exact) mass is 211 g/mol. The number of aromatic nitrogens is 2. The summed E-state index contributed by atoms with van der Waals surface area (Å²) in [6, 6.07) is 1.73. The highest BCUT2D eigenvalue weighted by Crippen LogP contribution is 2.07. The predicted molar refractivity (Wildman–Crippen MR) is 58.2 cm³/mol. The Balaban J connectivity index is 2.36. The molecule has 0 atom stereocenters. The van der Waals surface area contributed by atoms with Crippen molar-refractivity contribution in [2.45, 2.75) is 13.8 Å². The Labute approximate surface area is 89.8 Å². The number of ether oxygens (including phenoxy) is 2. The molecule has 0 fully saturated rings. The van der Waals surface area contributed by atoms with Crippen LogP contribution in [0.3, 0.4) is 0 Å². The largest absolute Gasteiger partial charge is 0.475 e. The lowest BCUT2D eigenvalue weighted by Crippen LogP contribution is -2.08. The molecular formula is C10H17N3O2. The van der Waals surface area contributed by atoms with Crippen LogP contribution in [0.2, 0.25) is 0 Å². The van der Waals surface area contributed by atoms with Crippen LogP contribution < -0.4 is 10.1 Å². The lowest BCUT2D eigenvalue weighted by Gasteiger charge is -2.06.